The van der Waals surface area contributed by atoms with Crippen LogP contribution in [0.2, 0.25) is 0 Å². The average Bonchev–Trinajstić information content (AvgIpc) is 3.10. The summed E-state index contributed by atoms with van der Waals surface area (Å²) in [7, 11) is -1.60. The van der Waals surface area contributed by atoms with Crippen LogP contribution in [0.3, 0.4) is 0 Å². The van der Waals surface area contributed by atoms with Gasteiger partial charge in [0, 0.05) is 20.1 Å². The lowest BCUT2D eigenvalue weighted by atomic mass is 10.1. The Morgan fingerprint density at radius 1 is 1.38 bits per heavy atom. The second-order valence-electron chi connectivity index (χ2n) is 5.89. The number of rotatable bonds is 8. The lowest BCUT2D eigenvalue weighted by Gasteiger charge is -2.19. The first kappa shape index (κ1) is 16.9. The summed E-state index contributed by atoms with van der Waals surface area (Å²) in [5.74, 6) is 0.537. The van der Waals surface area contributed by atoms with E-state index in [9.17, 15) is 8.42 Å². The highest BCUT2D eigenvalue weighted by molar-refractivity contribution is 7.91. The van der Waals surface area contributed by atoms with E-state index in [0.717, 1.165) is 37.9 Å². The lowest BCUT2D eigenvalue weighted by Crippen LogP contribution is -2.30. The van der Waals surface area contributed by atoms with Gasteiger partial charge in [0.1, 0.15) is 4.21 Å². The predicted molar refractivity (Wildman–Crippen MR) is 88.1 cm³/mol. The molecule has 0 unspecified atom stereocenters. The molecule has 1 aliphatic carbocycles. The predicted octanol–water partition coefficient (Wildman–Crippen LogP) is 3.06. The minimum atomic E-state index is -3.31. The van der Waals surface area contributed by atoms with Gasteiger partial charge in [-0.25, -0.2) is 8.42 Å². The normalized spacial score (nSPS) is 16.9. The summed E-state index contributed by atoms with van der Waals surface area (Å²) >= 11 is 1.33. The second kappa shape index (κ2) is 7.72. The van der Waals surface area contributed by atoms with Crippen LogP contribution in [-0.2, 0) is 16.6 Å². The number of hydrogen-bond acceptors (Lipinski definition) is 4. The Balaban J connectivity index is 1.97. The minimum Gasteiger partial charge on any atom is -0.313 e. The molecule has 21 heavy (non-hydrogen) atoms. The van der Waals surface area contributed by atoms with E-state index in [4.69, 9.17) is 0 Å². The van der Waals surface area contributed by atoms with E-state index in [-0.39, 0.29) is 0 Å². The molecule has 1 aromatic rings. The van der Waals surface area contributed by atoms with Gasteiger partial charge in [-0.1, -0.05) is 19.8 Å². The monoisotopic (exact) mass is 330 g/mol. The summed E-state index contributed by atoms with van der Waals surface area (Å²) in [6, 6.07) is 1.81. The Kier molecular flexibility index (Phi) is 6.22. The zero-order chi connectivity index (χ0) is 15.3. The third-order valence-corrected chi connectivity index (χ3v) is 7.33. The van der Waals surface area contributed by atoms with E-state index in [0.29, 0.717) is 16.7 Å². The summed E-state index contributed by atoms with van der Waals surface area (Å²) in [6.07, 6.45) is 5.89. The molecule has 0 atom stereocenters. The van der Waals surface area contributed by atoms with Crippen molar-refractivity contribution in [3.05, 3.63) is 17.0 Å². The second-order valence-corrected chi connectivity index (χ2v) is 9.07. The molecule has 0 aliphatic heterocycles. The highest BCUT2D eigenvalue weighted by Gasteiger charge is 2.26. The average molecular weight is 331 g/mol. The van der Waals surface area contributed by atoms with Crippen LogP contribution in [0.25, 0.3) is 0 Å². The van der Waals surface area contributed by atoms with Gasteiger partial charge < -0.3 is 5.32 Å². The summed E-state index contributed by atoms with van der Waals surface area (Å²) in [4.78, 5) is 0. The molecule has 1 aromatic heterocycles. The van der Waals surface area contributed by atoms with Crippen LogP contribution in [0, 0.1) is 5.92 Å². The Hall–Kier alpha value is -0.430. The maximum atomic E-state index is 12.6. The molecule has 1 fully saturated rings. The lowest BCUT2D eigenvalue weighted by molar-refractivity contribution is 0.388. The largest absolute Gasteiger partial charge is 0.313 e. The number of sulfonamides is 1. The Morgan fingerprint density at radius 2 is 2.10 bits per heavy atom. The first-order chi connectivity index (χ1) is 10.0. The van der Waals surface area contributed by atoms with E-state index >= 15 is 0 Å². The maximum Gasteiger partial charge on any atom is 0.252 e. The van der Waals surface area contributed by atoms with Crippen molar-refractivity contribution in [1.29, 1.82) is 0 Å². The fraction of sp³-hybridized carbons (Fsp3) is 0.733. The van der Waals surface area contributed by atoms with Crippen LogP contribution in [0.15, 0.2) is 15.7 Å². The maximum absolute atomic E-state index is 12.6. The van der Waals surface area contributed by atoms with E-state index < -0.39 is 10.0 Å². The van der Waals surface area contributed by atoms with Crippen LogP contribution in [0.5, 0.6) is 0 Å². The fourth-order valence-electron chi connectivity index (χ4n) is 2.80. The molecule has 1 aliphatic rings. The fourth-order valence-corrected chi connectivity index (χ4v) is 5.46. The molecular formula is C15H26N2O2S2. The van der Waals surface area contributed by atoms with Crippen LogP contribution < -0.4 is 5.32 Å². The Bertz CT molecular complexity index is 534. The van der Waals surface area contributed by atoms with Gasteiger partial charge in [0.25, 0.3) is 10.0 Å². The van der Waals surface area contributed by atoms with Gasteiger partial charge in [0.05, 0.1) is 0 Å². The third-order valence-electron chi connectivity index (χ3n) is 4.04. The van der Waals surface area contributed by atoms with Crippen molar-refractivity contribution in [3.63, 3.8) is 0 Å². The minimum absolute atomic E-state index is 0.469. The molecule has 0 spiro atoms. The Morgan fingerprint density at radius 3 is 2.76 bits per heavy atom. The highest BCUT2D eigenvalue weighted by atomic mass is 32.2. The van der Waals surface area contributed by atoms with Gasteiger partial charge in [-0.15, -0.1) is 11.3 Å². The van der Waals surface area contributed by atoms with Gasteiger partial charge in [0.2, 0.25) is 0 Å². The van der Waals surface area contributed by atoms with Crippen LogP contribution in [-0.4, -0.2) is 32.9 Å². The number of nitrogens with zero attached hydrogens (tertiary/aromatic N) is 1. The SMILES string of the molecule is CCCNCc1csc(S(=O)(=O)N(C)CC2CCCC2)c1. The molecule has 0 saturated heterocycles. The molecule has 0 radical (unpaired) electrons. The number of hydrogen-bond donors (Lipinski definition) is 1. The van der Waals surface area contributed by atoms with E-state index in [1.807, 2.05) is 11.4 Å². The first-order valence-corrected chi connectivity index (χ1v) is 10.1. The first-order valence-electron chi connectivity index (χ1n) is 7.78. The standard InChI is InChI=1S/C15H26N2O2S2/c1-3-8-16-10-14-9-15(20-12-14)21(18,19)17(2)11-13-6-4-5-7-13/h9,12-13,16H,3-8,10-11H2,1-2H3. The number of nitrogens with one attached hydrogen (secondary N) is 1. The highest BCUT2D eigenvalue weighted by Crippen LogP contribution is 2.28. The van der Waals surface area contributed by atoms with Gasteiger partial charge in [-0.05, 0) is 48.7 Å². The van der Waals surface area contributed by atoms with Gasteiger partial charge in [0.15, 0.2) is 0 Å². The van der Waals surface area contributed by atoms with Crippen molar-refractivity contribution in [2.24, 2.45) is 5.92 Å². The molecule has 2 rings (SSSR count). The molecule has 0 aromatic carbocycles. The van der Waals surface area contributed by atoms with E-state index in [1.54, 1.807) is 7.05 Å². The van der Waals surface area contributed by atoms with Crippen LogP contribution >= 0.6 is 11.3 Å². The van der Waals surface area contributed by atoms with Gasteiger partial charge in [-0.2, -0.15) is 4.31 Å². The van der Waals surface area contributed by atoms with E-state index in [2.05, 4.69) is 12.2 Å². The van der Waals surface area contributed by atoms with E-state index in [1.165, 1.54) is 28.5 Å². The molecule has 1 heterocycles. The molecule has 120 valence electrons. The molecule has 0 amide bonds. The van der Waals surface area contributed by atoms with Crippen molar-refractivity contribution in [1.82, 2.24) is 9.62 Å². The molecular weight excluding hydrogens is 304 g/mol. The molecule has 1 saturated carbocycles. The molecule has 4 nitrogen and oxygen atoms in total. The van der Waals surface area contributed by atoms with Crippen molar-refractivity contribution in [3.8, 4) is 0 Å². The molecule has 0 bridgehead atoms. The van der Waals surface area contributed by atoms with Crippen LogP contribution in [0.1, 0.15) is 44.6 Å². The summed E-state index contributed by atoms with van der Waals surface area (Å²) in [5.41, 5.74) is 1.06. The summed E-state index contributed by atoms with van der Waals surface area (Å²) in [5, 5.41) is 5.25. The molecule has 1 N–H and O–H groups in total. The zero-order valence-electron chi connectivity index (χ0n) is 13.0. The summed E-state index contributed by atoms with van der Waals surface area (Å²) < 4.78 is 27.2. The third kappa shape index (κ3) is 4.52. The quantitative estimate of drug-likeness (QED) is 0.745. The van der Waals surface area contributed by atoms with Crippen molar-refractivity contribution >= 4 is 21.4 Å². The zero-order valence-corrected chi connectivity index (χ0v) is 14.6. The Labute approximate surface area is 132 Å². The smallest absolute Gasteiger partial charge is 0.252 e. The van der Waals surface area contributed by atoms with Crippen molar-refractivity contribution in [2.75, 3.05) is 20.1 Å². The van der Waals surface area contributed by atoms with Gasteiger partial charge >= 0.3 is 0 Å². The summed E-state index contributed by atoms with van der Waals surface area (Å²) in [6.45, 7) is 4.48. The van der Waals surface area contributed by atoms with Gasteiger partial charge in [-0.3, -0.25) is 0 Å². The van der Waals surface area contributed by atoms with Crippen molar-refractivity contribution in [2.45, 2.75) is 49.8 Å². The van der Waals surface area contributed by atoms with Crippen molar-refractivity contribution < 1.29 is 8.42 Å². The molecule has 6 heteroatoms. The van der Waals surface area contributed by atoms with Crippen LogP contribution in [0.4, 0.5) is 0 Å². The number of thiophene rings is 1. The topological polar surface area (TPSA) is 49.4 Å².